The molecule has 0 aliphatic carbocycles. The van der Waals surface area contributed by atoms with Crippen LogP contribution in [0.15, 0.2) is 64.1 Å². The van der Waals surface area contributed by atoms with Crippen LogP contribution < -0.4 is 9.47 Å². The topological polar surface area (TPSA) is 30.8 Å². The van der Waals surface area contributed by atoms with Crippen LogP contribution in [0.1, 0.15) is 29.2 Å². The van der Waals surface area contributed by atoms with Crippen molar-refractivity contribution in [3.8, 4) is 11.5 Å². The molecule has 0 heterocycles. The van der Waals surface area contributed by atoms with Crippen LogP contribution in [0.2, 0.25) is 5.02 Å². The summed E-state index contributed by atoms with van der Waals surface area (Å²) in [6, 6.07) is 17.7. The number of hydrogen-bond donors (Lipinski definition) is 0. The minimum atomic E-state index is 0.422. The molecule has 3 aromatic rings. The Hall–Kier alpha value is -2.30. The average molecular weight is 473 g/mol. The molecule has 0 saturated carbocycles. The summed E-state index contributed by atoms with van der Waals surface area (Å²) in [6.07, 6.45) is 1.84. The first-order valence-corrected chi connectivity index (χ1v) is 10.6. The molecule has 0 bridgehead atoms. The Morgan fingerprint density at radius 3 is 2.45 bits per heavy atom. The second-order valence-corrected chi connectivity index (χ2v) is 8.02. The maximum atomic E-state index is 6.04. The van der Waals surface area contributed by atoms with Crippen molar-refractivity contribution < 1.29 is 9.47 Å². The Bertz CT molecular complexity index is 1020. The number of rotatable bonds is 7. The summed E-state index contributed by atoms with van der Waals surface area (Å²) in [7, 11) is 0. The number of hydrogen-bond acceptors (Lipinski definition) is 3. The first-order valence-electron chi connectivity index (χ1n) is 9.41. The lowest BCUT2D eigenvalue weighted by molar-refractivity contribution is 0.267. The van der Waals surface area contributed by atoms with Gasteiger partial charge in [-0.25, -0.2) is 0 Å². The van der Waals surface area contributed by atoms with Crippen molar-refractivity contribution in [3.63, 3.8) is 0 Å². The Morgan fingerprint density at radius 2 is 1.76 bits per heavy atom. The smallest absolute Gasteiger partial charge is 0.175 e. The zero-order valence-electron chi connectivity index (χ0n) is 16.7. The molecule has 150 valence electrons. The number of benzene rings is 3. The Kier molecular flexibility index (Phi) is 7.34. The molecule has 0 spiro atoms. The van der Waals surface area contributed by atoms with E-state index in [0.29, 0.717) is 29.7 Å². The van der Waals surface area contributed by atoms with E-state index in [2.05, 4.69) is 46.9 Å². The van der Waals surface area contributed by atoms with E-state index in [4.69, 9.17) is 21.1 Å². The average Bonchev–Trinajstić information content (AvgIpc) is 2.68. The second kappa shape index (κ2) is 9.95. The Labute approximate surface area is 185 Å². The van der Waals surface area contributed by atoms with E-state index < -0.39 is 0 Å². The SMILES string of the molecule is CCOc1cc(C=Nc2ccc(C)cc2C)cc(Br)c1OCc1ccc(Cl)cc1. The van der Waals surface area contributed by atoms with Gasteiger partial charge in [-0.15, -0.1) is 0 Å². The van der Waals surface area contributed by atoms with Gasteiger partial charge in [-0.3, -0.25) is 4.99 Å². The van der Waals surface area contributed by atoms with Gasteiger partial charge in [0, 0.05) is 11.2 Å². The third-order valence-electron chi connectivity index (χ3n) is 4.33. The van der Waals surface area contributed by atoms with Crippen molar-refractivity contribution in [2.45, 2.75) is 27.4 Å². The molecule has 0 N–H and O–H groups in total. The summed E-state index contributed by atoms with van der Waals surface area (Å²) in [5.41, 5.74) is 5.29. The lowest BCUT2D eigenvalue weighted by atomic mass is 10.1. The van der Waals surface area contributed by atoms with Gasteiger partial charge in [-0.1, -0.05) is 41.4 Å². The van der Waals surface area contributed by atoms with Crippen LogP contribution in [-0.4, -0.2) is 12.8 Å². The van der Waals surface area contributed by atoms with Crippen molar-refractivity contribution in [3.05, 3.63) is 86.3 Å². The van der Waals surface area contributed by atoms with E-state index in [-0.39, 0.29) is 0 Å². The molecule has 3 nitrogen and oxygen atoms in total. The number of aliphatic imine (C=N–C) groups is 1. The molecule has 5 heteroatoms. The van der Waals surface area contributed by atoms with Crippen LogP contribution in [-0.2, 0) is 6.61 Å². The zero-order valence-corrected chi connectivity index (χ0v) is 19.0. The van der Waals surface area contributed by atoms with E-state index in [1.54, 1.807) is 0 Å². The highest BCUT2D eigenvalue weighted by atomic mass is 79.9. The molecule has 0 aliphatic rings. The first kappa shape index (κ1) is 21.4. The fourth-order valence-corrected chi connectivity index (χ4v) is 3.60. The van der Waals surface area contributed by atoms with E-state index in [9.17, 15) is 0 Å². The number of ether oxygens (including phenoxy) is 2. The van der Waals surface area contributed by atoms with Crippen molar-refractivity contribution in [2.24, 2.45) is 4.99 Å². The highest BCUT2D eigenvalue weighted by Gasteiger charge is 2.12. The number of halogens is 2. The molecule has 0 radical (unpaired) electrons. The lowest BCUT2D eigenvalue weighted by Gasteiger charge is -2.15. The van der Waals surface area contributed by atoms with Gasteiger partial charge in [0.05, 0.1) is 16.8 Å². The van der Waals surface area contributed by atoms with Crippen molar-refractivity contribution >= 4 is 39.4 Å². The molecule has 0 amide bonds. The molecule has 0 aliphatic heterocycles. The fraction of sp³-hybridized carbons (Fsp3) is 0.208. The van der Waals surface area contributed by atoms with E-state index in [1.807, 2.05) is 55.6 Å². The third kappa shape index (κ3) is 5.84. The van der Waals surface area contributed by atoms with Crippen LogP contribution in [0, 0.1) is 13.8 Å². The summed E-state index contributed by atoms with van der Waals surface area (Å²) >= 11 is 9.56. The van der Waals surface area contributed by atoms with Gasteiger partial charge >= 0.3 is 0 Å². The van der Waals surface area contributed by atoms with Crippen molar-refractivity contribution in [1.29, 1.82) is 0 Å². The fourth-order valence-electron chi connectivity index (χ4n) is 2.90. The van der Waals surface area contributed by atoms with Crippen LogP contribution in [0.25, 0.3) is 0 Å². The van der Waals surface area contributed by atoms with Gasteiger partial charge in [-0.05, 0) is 83.7 Å². The molecule has 0 saturated heterocycles. The van der Waals surface area contributed by atoms with E-state index >= 15 is 0 Å². The number of nitrogens with zero attached hydrogens (tertiary/aromatic N) is 1. The highest BCUT2D eigenvalue weighted by molar-refractivity contribution is 9.10. The van der Waals surface area contributed by atoms with Crippen LogP contribution in [0.4, 0.5) is 5.69 Å². The number of aryl methyl sites for hydroxylation is 2. The molecule has 3 rings (SSSR count). The summed E-state index contributed by atoms with van der Waals surface area (Å²) < 4.78 is 12.7. The standard InChI is InChI=1S/C24H23BrClNO2/c1-4-28-23-13-19(14-27-22-10-5-16(2)11-17(22)3)12-21(25)24(23)29-15-18-6-8-20(26)9-7-18/h5-14H,4,15H2,1-3H3. The normalized spacial score (nSPS) is 11.1. The van der Waals surface area contributed by atoms with Gasteiger partial charge in [0.25, 0.3) is 0 Å². The second-order valence-electron chi connectivity index (χ2n) is 6.73. The lowest BCUT2D eigenvalue weighted by Crippen LogP contribution is -2.01. The minimum Gasteiger partial charge on any atom is -0.490 e. The minimum absolute atomic E-state index is 0.422. The van der Waals surface area contributed by atoms with Crippen LogP contribution >= 0.6 is 27.5 Å². The quantitative estimate of drug-likeness (QED) is 0.334. The van der Waals surface area contributed by atoms with Gasteiger partial charge in [-0.2, -0.15) is 0 Å². The molecular formula is C24H23BrClNO2. The summed E-state index contributed by atoms with van der Waals surface area (Å²) in [6.45, 7) is 7.06. The molecule has 0 atom stereocenters. The molecule has 0 aromatic heterocycles. The Morgan fingerprint density at radius 1 is 1.00 bits per heavy atom. The van der Waals surface area contributed by atoms with E-state index in [0.717, 1.165) is 26.9 Å². The van der Waals surface area contributed by atoms with Crippen molar-refractivity contribution in [1.82, 2.24) is 0 Å². The predicted octanol–water partition coefficient (Wildman–Crippen LogP) is 7.45. The monoisotopic (exact) mass is 471 g/mol. The highest BCUT2D eigenvalue weighted by Crippen LogP contribution is 2.37. The summed E-state index contributed by atoms with van der Waals surface area (Å²) in [4.78, 5) is 4.64. The molecule has 3 aromatic carbocycles. The van der Waals surface area contributed by atoms with Crippen LogP contribution in [0.3, 0.4) is 0 Å². The maximum Gasteiger partial charge on any atom is 0.175 e. The molecule has 29 heavy (non-hydrogen) atoms. The third-order valence-corrected chi connectivity index (χ3v) is 5.17. The molecule has 0 unspecified atom stereocenters. The molecule has 0 fully saturated rings. The van der Waals surface area contributed by atoms with Gasteiger partial charge in [0.2, 0.25) is 0 Å². The van der Waals surface area contributed by atoms with Gasteiger partial charge in [0.15, 0.2) is 11.5 Å². The molecular weight excluding hydrogens is 450 g/mol. The Balaban J connectivity index is 1.83. The van der Waals surface area contributed by atoms with Crippen LogP contribution in [0.5, 0.6) is 11.5 Å². The largest absolute Gasteiger partial charge is 0.490 e. The van der Waals surface area contributed by atoms with Gasteiger partial charge < -0.3 is 9.47 Å². The summed E-state index contributed by atoms with van der Waals surface area (Å²) in [5, 5.41) is 0.706. The maximum absolute atomic E-state index is 6.04. The van der Waals surface area contributed by atoms with Gasteiger partial charge in [0.1, 0.15) is 6.61 Å². The zero-order chi connectivity index (χ0) is 20.8. The summed E-state index contributed by atoms with van der Waals surface area (Å²) in [5.74, 6) is 1.35. The predicted molar refractivity (Wildman–Crippen MR) is 124 cm³/mol. The van der Waals surface area contributed by atoms with E-state index in [1.165, 1.54) is 5.56 Å². The first-order chi connectivity index (χ1) is 14.0. The van der Waals surface area contributed by atoms with Crippen molar-refractivity contribution in [2.75, 3.05) is 6.61 Å².